The first-order valence-electron chi connectivity index (χ1n) is 18.5. The summed E-state index contributed by atoms with van der Waals surface area (Å²) in [5, 5.41) is 0. The highest BCUT2D eigenvalue weighted by atomic mass is 16.1. The predicted octanol–water partition coefficient (Wildman–Crippen LogP) is 12.0. The molecule has 0 aromatic rings. The normalized spacial score (nSPS) is 18.3. The van der Waals surface area contributed by atoms with E-state index in [2.05, 4.69) is 29.9 Å². The Morgan fingerprint density at radius 3 is 1.60 bits per heavy atom. The summed E-state index contributed by atoms with van der Waals surface area (Å²) in [6.45, 7) is 5.94. The van der Waals surface area contributed by atoms with E-state index >= 15 is 0 Å². The maximum atomic E-state index is 10.3. The van der Waals surface area contributed by atoms with Crippen LogP contribution < -0.4 is 0 Å². The molecule has 3 unspecified atom stereocenters. The zero-order valence-electron chi connectivity index (χ0n) is 28.0. The number of rotatable bonds is 30. The van der Waals surface area contributed by atoms with Gasteiger partial charge in [0.1, 0.15) is 0 Å². The Labute approximate surface area is 261 Å². The standard InChI is InChI=1S/C38H68N2O2/c1-3-5-7-9-15-21-27-37-35(25-19-8-6-4-2)29-30-36(26-20-14-10-12-17-23-31-39-33-41)38(37)28-22-16-11-13-18-24-32-40-34-42/h30,35,37-38H,3-29,31-32H2,1-2H3. The number of nitrogens with zero attached hydrogens (tertiary/aromatic N) is 2. The van der Waals surface area contributed by atoms with Gasteiger partial charge in [-0.1, -0.05) is 147 Å². The van der Waals surface area contributed by atoms with Crippen LogP contribution in [0.15, 0.2) is 21.6 Å². The van der Waals surface area contributed by atoms with Crippen LogP contribution in [0.5, 0.6) is 0 Å². The second-order valence-electron chi connectivity index (χ2n) is 13.2. The van der Waals surface area contributed by atoms with Crippen molar-refractivity contribution in [3.8, 4) is 0 Å². The van der Waals surface area contributed by atoms with Gasteiger partial charge in [0.05, 0.1) is 13.1 Å². The highest BCUT2D eigenvalue weighted by molar-refractivity contribution is 5.32. The molecule has 242 valence electrons. The van der Waals surface area contributed by atoms with E-state index in [1.54, 1.807) is 12.2 Å². The molecule has 0 saturated heterocycles. The van der Waals surface area contributed by atoms with Crippen LogP contribution in [-0.4, -0.2) is 25.2 Å². The second-order valence-corrected chi connectivity index (χ2v) is 13.2. The van der Waals surface area contributed by atoms with E-state index in [0.717, 1.165) is 30.6 Å². The molecular weight excluding hydrogens is 516 g/mol. The minimum Gasteiger partial charge on any atom is -0.211 e. The van der Waals surface area contributed by atoms with E-state index in [1.165, 1.54) is 161 Å². The second kappa shape index (κ2) is 29.6. The molecule has 4 nitrogen and oxygen atoms in total. The molecule has 0 heterocycles. The monoisotopic (exact) mass is 585 g/mol. The molecule has 0 spiro atoms. The third kappa shape index (κ3) is 20.4. The molecule has 0 bridgehead atoms. The summed E-state index contributed by atoms with van der Waals surface area (Å²) in [6, 6.07) is 0. The van der Waals surface area contributed by atoms with Crippen LogP contribution in [0.1, 0.15) is 187 Å². The molecule has 0 N–H and O–H groups in total. The molecule has 0 amide bonds. The minimum absolute atomic E-state index is 0.645. The molecule has 1 aliphatic carbocycles. The topological polar surface area (TPSA) is 58.9 Å². The first kappa shape index (κ1) is 38.5. The van der Waals surface area contributed by atoms with Crippen molar-refractivity contribution in [2.75, 3.05) is 13.1 Å². The van der Waals surface area contributed by atoms with Crippen molar-refractivity contribution in [3.63, 3.8) is 0 Å². The van der Waals surface area contributed by atoms with Gasteiger partial charge in [0, 0.05) is 0 Å². The number of hydrogen-bond acceptors (Lipinski definition) is 4. The van der Waals surface area contributed by atoms with Crippen molar-refractivity contribution in [3.05, 3.63) is 11.6 Å². The highest BCUT2D eigenvalue weighted by Crippen LogP contribution is 2.45. The van der Waals surface area contributed by atoms with Crippen molar-refractivity contribution < 1.29 is 9.59 Å². The van der Waals surface area contributed by atoms with Crippen molar-refractivity contribution in [1.29, 1.82) is 0 Å². The fourth-order valence-electron chi connectivity index (χ4n) is 7.26. The number of isocyanates is 2. The largest absolute Gasteiger partial charge is 0.234 e. The SMILES string of the molecule is CCCCCCCCC1C(CCCCCC)CC=C(CCCCCCCCN=C=O)C1CCCCCCCCN=C=O. The van der Waals surface area contributed by atoms with Gasteiger partial charge in [0.25, 0.3) is 0 Å². The third-order valence-electron chi connectivity index (χ3n) is 9.75. The molecule has 1 rings (SSSR count). The molecule has 4 heteroatoms. The molecule has 0 radical (unpaired) electrons. The van der Waals surface area contributed by atoms with E-state index in [9.17, 15) is 9.59 Å². The average molecular weight is 585 g/mol. The lowest BCUT2D eigenvalue weighted by Gasteiger charge is -2.40. The zero-order valence-corrected chi connectivity index (χ0v) is 28.0. The van der Waals surface area contributed by atoms with Crippen LogP contribution in [0.25, 0.3) is 0 Å². The highest BCUT2D eigenvalue weighted by Gasteiger charge is 2.33. The zero-order chi connectivity index (χ0) is 30.4. The maximum absolute atomic E-state index is 10.3. The Bertz CT molecular complexity index is 735. The minimum atomic E-state index is 0.645. The van der Waals surface area contributed by atoms with Crippen LogP contribution in [-0.2, 0) is 9.59 Å². The average Bonchev–Trinajstić information content (AvgIpc) is 3.00. The van der Waals surface area contributed by atoms with E-state index in [-0.39, 0.29) is 0 Å². The van der Waals surface area contributed by atoms with Gasteiger partial charge in [0.2, 0.25) is 12.2 Å². The Hall–Kier alpha value is -1.50. The Morgan fingerprint density at radius 1 is 0.571 bits per heavy atom. The van der Waals surface area contributed by atoms with Crippen molar-refractivity contribution >= 4 is 12.2 Å². The molecule has 0 aromatic heterocycles. The summed E-state index contributed by atoms with van der Waals surface area (Å²) in [6.07, 6.45) is 41.9. The lowest BCUT2D eigenvalue weighted by molar-refractivity contribution is 0.184. The Balaban J connectivity index is 2.71. The Morgan fingerprint density at radius 2 is 1.02 bits per heavy atom. The molecule has 0 aromatic carbocycles. The first-order chi connectivity index (χ1) is 20.8. The fourth-order valence-corrected chi connectivity index (χ4v) is 7.26. The summed E-state index contributed by atoms with van der Waals surface area (Å²) in [4.78, 5) is 27.9. The van der Waals surface area contributed by atoms with Crippen LogP contribution >= 0.6 is 0 Å². The lowest BCUT2D eigenvalue weighted by atomic mass is 9.66. The summed E-state index contributed by atoms with van der Waals surface area (Å²) in [5.74, 6) is 2.62. The van der Waals surface area contributed by atoms with E-state index in [1.807, 2.05) is 5.57 Å². The molecule has 1 aliphatic rings. The van der Waals surface area contributed by atoms with Crippen LogP contribution in [0, 0.1) is 17.8 Å². The fraction of sp³-hybridized carbons (Fsp3) is 0.895. The van der Waals surface area contributed by atoms with Gasteiger partial charge < -0.3 is 0 Å². The number of unbranched alkanes of at least 4 members (excludes halogenated alkanes) is 18. The van der Waals surface area contributed by atoms with Gasteiger partial charge in [-0.3, -0.25) is 0 Å². The van der Waals surface area contributed by atoms with Crippen molar-refractivity contribution in [2.45, 2.75) is 187 Å². The number of hydrogen-bond donors (Lipinski definition) is 0. The molecule has 3 atom stereocenters. The van der Waals surface area contributed by atoms with Gasteiger partial charge in [-0.05, 0) is 69.1 Å². The maximum Gasteiger partial charge on any atom is 0.234 e. The van der Waals surface area contributed by atoms with Crippen LogP contribution in [0.3, 0.4) is 0 Å². The molecule has 0 aliphatic heterocycles. The Kier molecular flexibility index (Phi) is 27.1. The van der Waals surface area contributed by atoms with Gasteiger partial charge in [-0.25, -0.2) is 19.6 Å². The third-order valence-corrected chi connectivity index (χ3v) is 9.75. The van der Waals surface area contributed by atoms with Gasteiger partial charge in [0.15, 0.2) is 0 Å². The van der Waals surface area contributed by atoms with E-state index < -0.39 is 0 Å². The first-order valence-corrected chi connectivity index (χ1v) is 18.5. The van der Waals surface area contributed by atoms with Gasteiger partial charge >= 0.3 is 0 Å². The number of allylic oxidation sites excluding steroid dienone is 2. The smallest absolute Gasteiger partial charge is 0.211 e. The predicted molar refractivity (Wildman–Crippen MR) is 181 cm³/mol. The van der Waals surface area contributed by atoms with E-state index in [4.69, 9.17) is 0 Å². The molecule has 42 heavy (non-hydrogen) atoms. The molecule has 0 saturated carbocycles. The van der Waals surface area contributed by atoms with Crippen LogP contribution in [0.4, 0.5) is 0 Å². The van der Waals surface area contributed by atoms with Crippen LogP contribution in [0.2, 0.25) is 0 Å². The summed E-state index contributed by atoms with van der Waals surface area (Å²) in [5.41, 5.74) is 1.82. The molecular formula is C38H68N2O2. The number of carbonyl (C=O) groups excluding carboxylic acids is 2. The van der Waals surface area contributed by atoms with E-state index in [0.29, 0.717) is 13.1 Å². The summed E-state index contributed by atoms with van der Waals surface area (Å²) < 4.78 is 0. The summed E-state index contributed by atoms with van der Waals surface area (Å²) in [7, 11) is 0. The quantitative estimate of drug-likeness (QED) is 0.0365. The van der Waals surface area contributed by atoms with Crippen molar-refractivity contribution in [1.82, 2.24) is 0 Å². The van der Waals surface area contributed by atoms with Crippen molar-refractivity contribution in [2.24, 2.45) is 27.7 Å². The lowest BCUT2D eigenvalue weighted by Crippen LogP contribution is -2.29. The molecule has 0 fully saturated rings. The van der Waals surface area contributed by atoms with Gasteiger partial charge in [-0.2, -0.15) is 0 Å². The number of aliphatic imine (C=N–C) groups is 2. The summed E-state index contributed by atoms with van der Waals surface area (Å²) >= 11 is 0. The van der Waals surface area contributed by atoms with Gasteiger partial charge in [-0.15, -0.1) is 0 Å².